The van der Waals surface area contributed by atoms with Crippen LogP contribution in [0.3, 0.4) is 0 Å². The Morgan fingerprint density at radius 2 is 2.31 bits per heavy atom. The Labute approximate surface area is 90.0 Å². The molecule has 0 fully saturated rings. The highest BCUT2D eigenvalue weighted by molar-refractivity contribution is 6.00. The molecule has 0 aromatic carbocycles. The third kappa shape index (κ3) is 2.14. The molecule has 2 aromatic rings. The molecule has 0 radical (unpaired) electrons. The van der Waals surface area contributed by atoms with Crippen LogP contribution in [0.4, 0.5) is 5.95 Å². The van der Waals surface area contributed by atoms with Gasteiger partial charge in [-0.15, -0.1) is 0 Å². The lowest BCUT2D eigenvalue weighted by molar-refractivity contribution is 0.101. The van der Waals surface area contributed by atoms with Gasteiger partial charge >= 0.3 is 0 Å². The number of anilines is 1. The van der Waals surface area contributed by atoms with Gasteiger partial charge in [-0.25, -0.2) is 4.98 Å². The number of aromatic nitrogens is 4. The van der Waals surface area contributed by atoms with Crippen LogP contribution in [0, 0.1) is 6.92 Å². The van der Waals surface area contributed by atoms with Gasteiger partial charge in [0.05, 0.1) is 0 Å². The molecule has 2 heterocycles. The van der Waals surface area contributed by atoms with Gasteiger partial charge in [-0.1, -0.05) is 0 Å². The van der Waals surface area contributed by atoms with E-state index in [0.717, 1.165) is 0 Å². The molecule has 0 aliphatic carbocycles. The molecule has 16 heavy (non-hydrogen) atoms. The average molecular weight is 219 g/mol. The first-order chi connectivity index (χ1) is 7.65. The van der Waals surface area contributed by atoms with Crippen LogP contribution in [-0.4, -0.2) is 25.8 Å². The van der Waals surface area contributed by atoms with Crippen molar-refractivity contribution in [3.8, 4) is 0 Å². The smallest absolute Gasteiger partial charge is 0.293 e. The van der Waals surface area contributed by atoms with Crippen molar-refractivity contribution < 1.29 is 4.79 Å². The van der Waals surface area contributed by atoms with Gasteiger partial charge in [0.15, 0.2) is 5.82 Å². The molecule has 2 rings (SSSR count). The summed E-state index contributed by atoms with van der Waals surface area (Å²) in [4.78, 5) is 35.4. The van der Waals surface area contributed by atoms with Gasteiger partial charge in [-0.05, 0) is 6.92 Å². The van der Waals surface area contributed by atoms with Crippen molar-refractivity contribution in [2.75, 3.05) is 5.32 Å². The van der Waals surface area contributed by atoms with E-state index >= 15 is 0 Å². The third-order valence-electron chi connectivity index (χ3n) is 1.82. The number of carbonyl (C=O) groups excluding carboxylic acids is 1. The van der Waals surface area contributed by atoms with Gasteiger partial charge in [0.2, 0.25) is 5.95 Å². The number of aromatic amines is 2. The van der Waals surface area contributed by atoms with Gasteiger partial charge in [0, 0.05) is 24.2 Å². The molecular weight excluding hydrogens is 210 g/mol. The van der Waals surface area contributed by atoms with Crippen LogP contribution in [0.5, 0.6) is 0 Å². The number of H-pyrrole nitrogens is 2. The lowest BCUT2D eigenvalue weighted by atomic mass is 10.4. The van der Waals surface area contributed by atoms with Gasteiger partial charge < -0.3 is 9.97 Å². The Morgan fingerprint density at radius 3 is 2.94 bits per heavy atom. The van der Waals surface area contributed by atoms with Gasteiger partial charge in [0.25, 0.3) is 11.5 Å². The highest BCUT2D eigenvalue weighted by Crippen LogP contribution is 1.98. The fourth-order valence-electron chi connectivity index (χ4n) is 1.19. The third-order valence-corrected chi connectivity index (χ3v) is 1.82. The zero-order valence-corrected chi connectivity index (χ0v) is 8.44. The summed E-state index contributed by atoms with van der Waals surface area (Å²) >= 11 is 0. The summed E-state index contributed by atoms with van der Waals surface area (Å²) in [5, 5.41) is 2.43. The van der Waals surface area contributed by atoms with E-state index in [-0.39, 0.29) is 11.8 Å². The molecule has 82 valence electrons. The number of hydrogen-bond acceptors (Lipinski definition) is 4. The van der Waals surface area contributed by atoms with Crippen molar-refractivity contribution in [2.45, 2.75) is 6.92 Å². The monoisotopic (exact) mass is 219 g/mol. The molecule has 3 N–H and O–H groups in total. The van der Waals surface area contributed by atoms with E-state index in [4.69, 9.17) is 0 Å². The SMILES string of the molecule is Cc1cc(=O)nc(NC(=O)c2ncc[nH]2)[nH]1. The number of aryl methyl sites for hydroxylation is 1. The summed E-state index contributed by atoms with van der Waals surface area (Å²) in [6.45, 7) is 1.70. The number of imidazole rings is 1. The number of carbonyl (C=O) groups is 1. The summed E-state index contributed by atoms with van der Waals surface area (Å²) in [5.74, 6) is -0.200. The normalized spacial score (nSPS) is 10.1. The minimum absolute atomic E-state index is 0.103. The van der Waals surface area contributed by atoms with E-state index < -0.39 is 11.5 Å². The Bertz CT molecular complexity index is 558. The minimum atomic E-state index is -0.459. The summed E-state index contributed by atoms with van der Waals surface area (Å²) in [5.41, 5.74) is 0.209. The molecule has 7 nitrogen and oxygen atoms in total. The van der Waals surface area contributed by atoms with Crippen molar-refractivity contribution in [1.82, 2.24) is 19.9 Å². The van der Waals surface area contributed by atoms with Crippen molar-refractivity contribution in [1.29, 1.82) is 0 Å². The van der Waals surface area contributed by atoms with Gasteiger partial charge in [-0.3, -0.25) is 14.9 Å². The highest BCUT2D eigenvalue weighted by Gasteiger charge is 2.09. The number of hydrogen-bond donors (Lipinski definition) is 3. The van der Waals surface area contributed by atoms with Crippen LogP contribution in [0.2, 0.25) is 0 Å². The first-order valence-electron chi connectivity index (χ1n) is 4.54. The van der Waals surface area contributed by atoms with E-state index in [2.05, 4.69) is 25.3 Å². The lowest BCUT2D eigenvalue weighted by Gasteiger charge is -2.02. The molecule has 0 aliphatic rings. The zero-order chi connectivity index (χ0) is 11.5. The standard InChI is InChI=1S/C9H9N5O2/c1-5-4-6(15)13-9(12-5)14-8(16)7-10-2-3-11-7/h2-4H,1H3,(H,10,11)(H2,12,13,14,15,16). The van der Waals surface area contributed by atoms with E-state index in [1.807, 2.05) is 0 Å². The highest BCUT2D eigenvalue weighted by atomic mass is 16.2. The Morgan fingerprint density at radius 1 is 1.50 bits per heavy atom. The first-order valence-corrected chi connectivity index (χ1v) is 4.54. The largest absolute Gasteiger partial charge is 0.341 e. The maximum absolute atomic E-state index is 11.5. The summed E-state index contributed by atoms with van der Waals surface area (Å²) in [6.07, 6.45) is 2.99. The quantitative estimate of drug-likeness (QED) is 0.664. The fraction of sp³-hybridized carbons (Fsp3) is 0.111. The van der Waals surface area contributed by atoms with Crippen molar-refractivity contribution in [3.63, 3.8) is 0 Å². The molecule has 0 spiro atoms. The number of rotatable bonds is 2. The summed E-state index contributed by atoms with van der Waals surface area (Å²) < 4.78 is 0. The maximum atomic E-state index is 11.5. The Hall–Kier alpha value is -2.44. The molecule has 7 heteroatoms. The van der Waals surface area contributed by atoms with E-state index in [0.29, 0.717) is 5.69 Å². The van der Waals surface area contributed by atoms with Crippen LogP contribution in [0.1, 0.15) is 16.3 Å². The molecule has 0 atom stereocenters. The first kappa shape index (κ1) is 10.1. The van der Waals surface area contributed by atoms with Gasteiger partial charge in [0.1, 0.15) is 0 Å². The molecule has 0 saturated carbocycles. The molecule has 0 aliphatic heterocycles. The second-order valence-electron chi connectivity index (χ2n) is 3.14. The van der Waals surface area contributed by atoms with E-state index in [1.54, 1.807) is 6.92 Å². The summed E-state index contributed by atoms with van der Waals surface area (Å²) in [6, 6.07) is 1.34. The van der Waals surface area contributed by atoms with Crippen LogP contribution in [0.15, 0.2) is 23.3 Å². The fourth-order valence-corrected chi connectivity index (χ4v) is 1.19. The second kappa shape index (κ2) is 3.97. The summed E-state index contributed by atoms with van der Waals surface area (Å²) in [7, 11) is 0. The van der Waals surface area contributed by atoms with Crippen molar-refractivity contribution in [2.24, 2.45) is 0 Å². The molecular formula is C9H9N5O2. The molecule has 2 aromatic heterocycles. The maximum Gasteiger partial charge on any atom is 0.293 e. The number of nitrogens with zero attached hydrogens (tertiary/aromatic N) is 2. The van der Waals surface area contributed by atoms with Crippen LogP contribution >= 0.6 is 0 Å². The topological polar surface area (TPSA) is 104 Å². The Balaban J connectivity index is 2.21. The second-order valence-corrected chi connectivity index (χ2v) is 3.14. The van der Waals surface area contributed by atoms with Crippen LogP contribution in [-0.2, 0) is 0 Å². The molecule has 0 unspecified atom stereocenters. The molecule has 0 bridgehead atoms. The van der Waals surface area contributed by atoms with Gasteiger partial charge in [-0.2, -0.15) is 4.98 Å². The predicted molar refractivity (Wildman–Crippen MR) is 56.1 cm³/mol. The average Bonchev–Trinajstić information content (AvgIpc) is 2.68. The number of amides is 1. The minimum Gasteiger partial charge on any atom is -0.341 e. The van der Waals surface area contributed by atoms with Crippen molar-refractivity contribution in [3.05, 3.63) is 40.3 Å². The van der Waals surface area contributed by atoms with Crippen molar-refractivity contribution >= 4 is 11.9 Å². The van der Waals surface area contributed by atoms with E-state index in [9.17, 15) is 9.59 Å². The molecule has 1 amide bonds. The number of nitrogens with one attached hydrogen (secondary N) is 3. The predicted octanol–water partition coefficient (Wildman–Crippen LogP) is 0.0537. The zero-order valence-electron chi connectivity index (χ0n) is 8.44. The van der Waals surface area contributed by atoms with Crippen LogP contribution < -0.4 is 10.9 Å². The van der Waals surface area contributed by atoms with Crippen LogP contribution in [0.25, 0.3) is 0 Å². The lowest BCUT2D eigenvalue weighted by Crippen LogP contribution is -2.19. The molecule has 0 saturated heterocycles. The van der Waals surface area contributed by atoms with E-state index in [1.165, 1.54) is 18.5 Å². The Kier molecular flexibility index (Phi) is 2.50.